The number of hydrogen-bond acceptors (Lipinski definition) is 1. The number of rotatable bonds is 6. The highest BCUT2D eigenvalue weighted by atomic mass is 19.2. The fourth-order valence-corrected chi connectivity index (χ4v) is 7.27. The summed E-state index contributed by atoms with van der Waals surface area (Å²) in [6.07, 6.45) is 13.1. The van der Waals surface area contributed by atoms with Crippen LogP contribution in [0.4, 0.5) is 17.6 Å². The van der Waals surface area contributed by atoms with Crippen LogP contribution in [0.5, 0.6) is 0 Å². The van der Waals surface area contributed by atoms with Crippen LogP contribution in [-0.4, -0.2) is 31.8 Å². The third-order valence-electron chi connectivity index (χ3n) is 9.56. The van der Waals surface area contributed by atoms with Crippen molar-refractivity contribution >= 4 is 11.1 Å². The lowest BCUT2D eigenvalue weighted by molar-refractivity contribution is 0.152. The topological polar surface area (TPSA) is 9.23 Å². The summed E-state index contributed by atoms with van der Waals surface area (Å²) in [5.74, 6) is 2.28. The zero-order valence-corrected chi connectivity index (χ0v) is 23.0. The highest BCUT2D eigenvalue weighted by Crippen LogP contribution is 2.46. The van der Waals surface area contributed by atoms with Crippen molar-refractivity contribution in [1.82, 2.24) is 0 Å². The van der Waals surface area contributed by atoms with Gasteiger partial charge in [0.1, 0.15) is 5.76 Å². The standard InChI is InChI=1S/C34H40F4O/c1-3-4-21-5-7-22(8-6-21)23-9-11-24(12-10-23)27-17-18-28(32(36)31(27)35)25-13-15-26(16-14-25)29-19-20-30(39-2)34(38)33(29)37/h3-4,13-24,31-34H,5-12H2,1-2H3/b4-3+. The van der Waals surface area contributed by atoms with Gasteiger partial charge in [0.25, 0.3) is 0 Å². The minimum absolute atomic E-state index is 0.0484. The monoisotopic (exact) mass is 540 g/mol. The van der Waals surface area contributed by atoms with E-state index in [1.165, 1.54) is 44.9 Å². The van der Waals surface area contributed by atoms with Crippen molar-refractivity contribution in [2.45, 2.75) is 83.0 Å². The van der Waals surface area contributed by atoms with E-state index in [0.29, 0.717) is 28.2 Å². The molecule has 0 amide bonds. The molecule has 0 bridgehead atoms. The van der Waals surface area contributed by atoms with Crippen molar-refractivity contribution in [1.29, 1.82) is 0 Å². The molecular weight excluding hydrogens is 500 g/mol. The summed E-state index contributed by atoms with van der Waals surface area (Å²) in [6, 6.07) is 6.59. The van der Waals surface area contributed by atoms with E-state index in [2.05, 4.69) is 19.1 Å². The molecule has 2 fully saturated rings. The Morgan fingerprint density at radius 3 is 1.69 bits per heavy atom. The van der Waals surface area contributed by atoms with Crippen LogP contribution in [0, 0.1) is 23.7 Å². The largest absolute Gasteiger partial charge is 0.498 e. The molecule has 1 nitrogen and oxygen atoms in total. The Bertz CT molecular complexity index is 1140. The maximum Gasteiger partial charge on any atom is 0.192 e. The van der Waals surface area contributed by atoms with Crippen LogP contribution in [0.2, 0.25) is 0 Å². The van der Waals surface area contributed by atoms with Gasteiger partial charge in [0.2, 0.25) is 0 Å². The molecular formula is C34H40F4O. The fraction of sp³-hybridized carbons (Fsp3) is 0.529. The number of alkyl halides is 4. The van der Waals surface area contributed by atoms with Gasteiger partial charge in [-0.25, -0.2) is 17.6 Å². The van der Waals surface area contributed by atoms with Crippen molar-refractivity contribution in [2.24, 2.45) is 23.7 Å². The Labute approximate surface area is 230 Å². The first-order valence-corrected chi connectivity index (χ1v) is 14.6. The average Bonchev–Trinajstić information content (AvgIpc) is 2.97. The first-order chi connectivity index (χ1) is 18.9. The lowest BCUT2D eigenvalue weighted by Crippen LogP contribution is -2.31. The second-order valence-corrected chi connectivity index (χ2v) is 11.7. The van der Waals surface area contributed by atoms with E-state index in [-0.39, 0.29) is 17.3 Å². The lowest BCUT2D eigenvalue weighted by Gasteiger charge is -2.39. The van der Waals surface area contributed by atoms with Crippen LogP contribution in [0.25, 0.3) is 11.1 Å². The number of allylic oxidation sites excluding steroid dienone is 10. The minimum atomic E-state index is -1.87. The predicted octanol–water partition coefficient (Wildman–Crippen LogP) is 9.48. The van der Waals surface area contributed by atoms with Crippen molar-refractivity contribution in [3.63, 3.8) is 0 Å². The lowest BCUT2D eigenvalue weighted by atomic mass is 9.67. The Kier molecular flexibility index (Phi) is 8.83. The number of ether oxygens (including phenoxy) is 1. The van der Waals surface area contributed by atoms with E-state index in [1.54, 1.807) is 36.4 Å². The highest BCUT2D eigenvalue weighted by Gasteiger charge is 2.38. The third-order valence-corrected chi connectivity index (χ3v) is 9.56. The number of benzene rings is 1. The van der Waals surface area contributed by atoms with Gasteiger partial charge in [-0.3, -0.25) is 0 Å². The van der Waals surface area contributed by atoms with E-state index in [1.807, 2.05) is 0 Å². The quantitative estimate of drug-likeness (QED) is 0.258. The van der Waals surface area contributed by atoms with E-state index in [9.17, 15) is 8.78 Å². The molecule has 2 saturated carbocycles. The van der Waals surface area contributed by atoms with E-state index in [4.69, 9.17) is 4.74 Å². The van der Waals surface area contributed by atoms with Gasteiger partial charge in [-0.1, -0.05) is 54.6 Å². The molecule has 5 rings (SSSR count). The first-order valence-electron chi connectivity index (χ1n) is 14.6. The molecule has 4 aliphatic carbocycles. The Morgan fingerprint density at radius 1 is 0.641 bits per heavy atom. The molecule has 0 aliphatic heterocycles. The molecule has 0 heterocycles. The van der Waals surface area contributed by atoms with Gasteiger partial charge < -0.3 is 4.74 Å². The van der Waals surface area contributed by atoms with Crippen molar-refractivity contribution < 1.29 is 22.3 Å². The van der Waals surface area contributed by atoms with Crippen molar-refractivity contribution in [3.8, 4) is 0 Å². The summed E-state index contributed by atoms with van der Waals surface area (Å²) in [4.78, 5) is 0. The summed E-state index contributed by atoms with van der Waals surface area (Å²) in [7, 11) is 1.31. The normalized spacial score (nSPS) is 35.6. The van der Waals surface area contributed by atoms with Crippen molar-refractivity contribution in [2.75, 3.05) is 7.11 Å². The van der Waals surface area contributed by atoms with Gasteiger partial charge in [-0.2, -0.15) is 0 Å². The number of hydrogen-bond donors (Lipinski definition) is 0. The van der Waals surface area contributed by atoms with Crippen molar-refractivity contribution in [3.05, 3.63) is 83.2 Å². The van der Waals surface area contributed by atoms with E-state index < -0.39 is 24.7 Å². The van der Waals surface area contributed by atoms with Crippen LogP contribution in [0.3, 0.4) is 0 Å². The predicted molar refractivity (Wildman–Crippen MR) is 151 cm³/mol. The van der Waals surface area contributed by atoms with Gasteiger partial charge in [0.15, 0.2) is 24.7 Å². The molecule has 0 radical (unpaired) electrons. The third kappa shape index (κ3) is 5.83. The van der Waals surface area contributed by atoms with Gasteiger partial charge in [0, 0.05) is 0 Å². The van der Waals surface area contributed by atoms with Crippen LogP contribution >= 0.6 is 0 Å². The maximum atomic E-state index is 15.5. The molecule has 4 atom stereocenters. The van der Waals surface area contributed by atoms with E-state index in [0.717, 1.165) is 37.5 Å². The smallest absolute Gasteiger partial charge is 0.192 e. The molecule has 1 aromatic carbocycles. The maximum absolute atomic E-state index is 15.5. The van der Waals surface area contributed by atoms with E-state index >= 15 is 8.78 Å². The molecule has 4 aliphatic rings. The molecule has 4 unspecified atom stereocenters. The fourth-order valence-electron chi connectivity index (χ4n) is 7.27. The molecule has 1 aromatic rings. The number of halogens is 4. The zero-order chi connectivity index (χ0) is 27.5. The van der Waals surface area contributed by atoms with Gasteiger partial charge >= 0.3 is 0 Å². The van der Waals surface area contributed by atoms with Gasteiger partial charge in [-0.15, -0.1) is 0 Å². The number of methoxy groups -OCH3 is 1. The summed E-state index contributed by atoms with van der Waals surface area (Å²) in [5.41, 5.74) is 2.16. The second-order valence-electron chi connectivity index (χ2n) is 11.7. The summed E-state index contributed by atoms with van der Waals surface area (Å²) in [5, 5.41) is 0. The first kappa shape index (κ1) is 28.0. The van der Waals surface area contributed by atoms with Crippen LogP contribution in [0.1, 0.15) is 69.4 Å². The van der Waals surface area contributed by atoms with Crippen LogP contribution < -0.4 is 0 Å². The summed E-state index contributed by atoms with van der Waals surface area (Å²) >= 11 is 0. The molecule has 0 spiro atoms. The minimum Gasteiger partial charge on any atom is -0.498 e. The summed E-state index contributed by atoms with van der Waals surface area (Å²) < 4.78 is 64.7. The van der Waals surface area contributed by atoms with Gasteiger partial charge in [0.05, 0.1) is 7.11 Å². The Hall–Kier alpha value is -2.56. The molecule has 39 heavy (non-hydrogen) atoms. The van der Waals surface area contributed by atoms with Gasteiger partial charge in [-0.05, 0) is 116 Å². The SMILES string of the molecule is C/C=C/C1CCC(C2CCC(C3=CC=C(c4ccc(C5=CC=C(OC)C(F)C5F)cc4)C(F)C3F)CC2)CC1. The Balaban J connectivity index is 1.23. The zero-order valence-electron chi connectivity index (χ0n) is 23.0. The highest BCUT2D eigenvalue weighted by molar-refractivity contribution is 5.77. The van der Waals surface area contributed by atoms with Crippen LogP contribution in [-0.2, 0) is 4.74 Å². The summed E-state index contributed by atoms with van der Waals surface area (Å²) in [6.45, 7) is 2.10. The van der Waals surface area contributed by atoms with Crippen LogP contribution in [0.15, 0.2) is 72.1 Å². The molecule has 5 heteroatoms. The Morgan fingerprint density at radius 2 is 1.15 bits per heavy atom. The average molecular weight is 541 g/mol. The second kappa shape index (κ2) is 12.3. The molecule has 210 valence electrons. The molecule has 0 aromatic heterocycles. The molecule has 0 saturated heterocycles. The molecule has 0 N–H and O–H groups in total.